The molecule has 0 radical (unpaired) electrons. The van der Waals surface area contributed by atoms with Gasteiger partial charge in [-0.1, -0.05) is 30.3 Å². The van der Waals surface area contributed by atoms with Crippen molar-refractivity contribution in [1.29, 1.82) is 0 Å². The van der Waals surface area contributed by atoms with Crippen LogP contribution in [0.1, 0.15) is 18.6 Å². The fourth-order valence-electron chi connectivity index (χ4n) is 1.99. The molecule has 116 valence electrons. The molecule has 22 heavy (non-hydrogen) atoms. The first-order valence-corrected chi connectivity index (χ1v) is 7.95. The van der Waals surface area contributed by atoms with Gasteiger partial charge >= 0.3 is 0 Å². The average molecular weight is 319 g/mol. The van der Waals surface area contributed by atoms with E-state index in [1.807, 2.05) is 30.3 Å². The van der Waals surface area contributed by atoms with Crippen molar-refractivity contribution in [3.63, 3.8) is 0 Å². The Kier molecular flexibility index (Phi) is 5.98. The van der Waals surface area contributed by atoms with Gasteiger partial charge in [0.25, 0.3) is 0 Å². The molecule has 2 aromatic carbocycles. The minimum Gasteiger partial charge on any atom is -0.386 e. The van der Waals surface area contributed by atoms with Gasteiger partial charge in [-0.25, -0.2) is 4.39 Å². The lowest BCUT2D eigenvalue weighted by atomic mass is 10.0. The lowest BCUT2D eigenvalue weighted by molar-refractivity contribution is -0.119. The monoisotopic (exact) mass is 319 g/mol. The molecule has 0 aliphatic heterocycles. The summed E-state index contributed by atoms with van der Waals surface area (Å²) >= 11 is 1.44. The van der Waals surface area contributed by atoms with E-state index in [-0.39, 0.29) is 17.5 Å². The fraction of sp³-hybridized carbons (Fsp3) is 0.235. The van der Waals surface area contributed by atoms with Crippen molar-refractivity contribution in [3.8, 4) is 0 Å². The summed E-state index contributed by atoms with van der Waals surface area (Å²) < 4.78 is 12.9. The number of aliphatic hydroxyl groups is 1. The van der Waals surface area contributed by atoms with E-state index >= 15 is 0 Å². The zero-order valence-corrected chi connectivity index (χ0v) is 13.0. The predicted molar refractivity (Wildman–Crippen MR) is 86.1 cm³/mol. The quantitative estimate of drug-likeness (QED) is 0.804. The van der Waals surface area contributed by atoms with Crippen molar-refractivity contribution in [2.24, 2.45) is 0 Å². The van der Waals surface area contributed by atoms with Gasteiger partial charge in [-0.2, -0.15) is 0 Å². The second-order valence-electron chi connectivity index (χ2n) is 4.95. The third-order valence-electron chi connectivity index (χ3n) is 3.19. The van der Waals surface area contributed by atoms with E-state index in [9.17, 15) is 14.3 Å². The van der Waals surface area contributed by atoms with E-state index < -0.39 is 12.1 Å². The Morgan fingerprint density at radius 1 is 1.18 bits per heavy atom. The first kappa shape index (κ1) is 16.5. The highest BCUT2D eigenvalue weighted by Gasteiger charge is 2.18. The topological polar surface area (TPSA) is 49.3 Å². The third kappa shape index (κ3) is 4.86. The highest BCUT2D eigenvalue weighted by molar-refractivity contribution is 8.00. The summed E-state index contributed by atoms with van der Waals surface area (Å²) in [6.45, 7) is 1.72. The van der Waals surface area contributed by atoms with E-state index in [0.717, 1.165) is 4.90 Å². The summed E-state index contributed by atoms with van der Waals surface area (Å²) in [6, 6.07) is 14.8. The molecule has 5 heteroatoms. The van der Waals surface area contributed by atoms with Gasteiger partial charge in [0, 0.05) is 4.90 Å². The zero-order valence-electron chi connectivity index (χ0n) is 12.2. The van der Waals surface area contributed by atoms with Crippen LogP contribution in [0.25, 0.3) is 0 Å². The Hall–Kier alpha value is -1.85. The van der Waals surface area contributed by atoms with E-state index in [1.54, 1.807) is 6.92 Å². The molecule has 2 N–H and O–H groups in total. The second-order valence-corrected chi connectivity index (χ2v) is 6.00. The number of benzene rings is 2. The molecule has 0 fully saturated rings. The van der Waals surface area contributed by atoms with Gasteiger partial charge in [-0.3, -0.25) is 4.79 Å². The van der Waals surface area contributed by atoms with Gasteiger partial charge < -0.3 is 10.4 Å². The number of hydrogen-bond donors (Lipinski definition) is 2. The highest BCUT2D eigenvalue weighted by atomic mass is 32.2. The maximum absolute atomic E-state index is 12.9. The summed E-state index contributed by atoms with van der Waals surface area (Å²) in [5.74, 6) is -0.223. The van der Waals surface area contributed by atoms with Crippen LogP contribution in [0.5, 0.6) is 0 Å². The summed E-state index contributed by atoms with van der Waals surface area (Å²) in [5.41, 5.74) is 0.574. The fourth-order valence-corrected chi connectivity index (χ4v) is 2.72. The van der Waals surface area contributed by atoms with Crippen LogP contribution in [0.4, 0.5) is 4.39 Å². The summed E-state index contributed by atoms with van der Waals surface area (Å²) in [5, 5.41) is 12.9. The highest BCUT2D eigenvalue weighted by Crippen LogP contribution is 2.19. The molecule has 0 saturated heterocycles. The number of nitrogens with one attached hydrogen (secondary N) is 1. The molecular formula is C17H18FNO2S. The minimum absolute atomic E-state index is 0.150. The normalized spacial score (nSPS) is 13.4. The number of carbonyl (C=O) groups is 1. The number of thioether (sulfide) groups is 1. The standard InChI is InChI=1S/C17H18FNO2S/c1-12(17(21)13-7-9-14(18)10-8-13)19-16(20)11-22-15-5-3-2-4-6-15/h2-10,12,17,21H,11H2,1H3,(H,19,20). The third-order valence-corrected chi connectivity index (χ3v) is 4.20. The lowest BCUT2D eigenvalue weighted by Gasteiger charge is -2.20. The molecule has 0 aliphatic rings. The lowest BCUT2D eigenvalue weighted by Crippen LogP contribution is -2.38. The van der Waals surface area contributed by atoms with Crippen molar-refractivity contribution in [2.75, 3.05) is 5.75 Å². The molecule has 0 heterocycles. The van der Waals surface area contributed by atoms with Crippen LogP contribution < -0.4 is 5.32 Å². The van der Waals surface area contributed by atoms with Gasteiger partial charge in [0.2, 0.25) is 5.91 Å². The van der Waals surface area contributed by atoms with Crippen LogP contribution in [0.2, 0.25) is 0 Å². The zero-order chi connectivity index (χ0) is 15.9. The SMILES string of the molecule is CC(NC(=O)CSc1ccccc1)C(O)c1ccc(F)cc1. The molecule has 2 rings (SSSR count). The van der Waals surface area contributed by atoms with Crippen LogP contribution in [-0.4, -0.2) is 22.8 Å². The summed E-state index contributed by atoms with van der Waals surface area (Å²) in [6.07, 6.45) is -0.869. The van der Waals surface area contributed by atoms with Crippen molar-refractivity contribution in [1.82, 2.24) is 5.32 Å². The molecule has 0 bridgehead atoms. The van der Waals surface area contributed by atoms with Gasteiger partial charge in [0.15, 0.2) is 0 Å². The number of hydrogen-bond acceptors (Lipinski definition) is 3. The van der Waals surface area contributed by atoms with Crippen molar-refractivity contribution < 1.29 is 14.3 Å². The molecular weight excluding hydrogens is 301 g/mol. The van der Waals surface area contributed by atoms with Crippen LogP contribution in [-0.2, 0) is 4.79 Å². The molecule has 2 unspecified atom stereocenters. The van der Waals surface area contributed by atoms with Gasteiger partial charge in [-0.15, -0.1) is 11.8 Å². The van der Waals surface area contributed by atoms with Crippen molar-refractivity contribution in [3.05, 3.63) is 66.0 Å². The minimum atomic E-state index is -0.869. The number of halogens is 1. The van der Waals surface area contributed by atoms with E-state index in [4.69, 9.17) is 0 Å². The van der Waals surface area contributed by atoms with Crippen LogP contribution >= 0.6 is 11.8 Å². The first-order chi connectivity index (χ1) is 10.6. The Bertz CT molecular complexity index is 604. The van der Waals surface area contributed by atoms with Gasteiger partial charge in [0.1, 0.15) is 5.82 Å². The second kappa shape index (κ2) is 7.96. The van der Waals surface area contributed by atoms with Gasteiger partial charge in [0.05, 0.1) is 17.9 Å². The predicted octanol–water partition coefficient (Wildman–Crippen LogP) is 3.16. The molecule has 2 atom stereocenters. The number of amides is 1. The van der Waals surface area contributed by atoms with Crippen molar-refractivity contribution >= 4 is 17.7 Å². The Labute approximate surface area is 133 Å². The van der Waals surface area contributed by atoms with Crippen LogP contribution in [0.15, 0.2) is 59.5 Å². The summed E-state index contributed by atoms with van der Waals surface area (Å²) in [4.78, 5) is 12.9. The molecule has 2 aromatic rings. The van der Waals surface area contributed by atoms with E-state index in [2.05, 4.69) is 5.32 Å². The Balaban J connectivity index is 1.84. The van der Waals surface area contributed by atoms with E-state index in [0.29, 0.717) is 5.56 Å². The number of rotatable bonds is 6. The molecule has 1 amide bonds. The largest absolute Gasteiger partial charge is 0.386 e. The van der Waals surface area contributed by atoms with E-state index in [1.165, 1.54) is 36.0 Å². The molecule has 0 saturated carbocycles. The Morgan fingerprint density at radius 2 is 1.82 bits per heavy atom. The van der Waals surface area contributed by atoms with Crippen LogP contribution in [0.3, 0.4) is 0 Å². The smallest absolute Gasteiger partial charge is 0.230 e. The summed E-state index contributed by atoms with van der Waals surface area (Å²) in [7, 11) is 0. The molecule has 3 nitrogen and oxygen atoms in total. The number of aliphatic hydroxyl groups excluding tert-OH is 1. The number of carbonyl (C=O) groups excluding carboxylic acids is 1. The van der Waals surface area contributed by atoms with Gasteiger partial charge in [-0.05, 0) is 36.8 Å². The maximum Gasteiger partial charge on any atom is 0.230 e. The molecule has 0 aliphatic carbocycles. The van der Waals surface area contributed by atoms with Crippen molar-refractivity contribution in [2.45, 2.75) is 24.0 Å². The average Bonchev–Trinajstić information content (AvgIpc) is 2.54. The van der Waals surface area contributed by atoms with Crippen LogP contribution in [0, 0.1) is 5.82 Å². The Morgan fingerprint density at radius 3 is 2.45 bits per heavy atom. The molecule has 0 aromatic heterocycles. The molecule has 0 spiro atoms. The first-order valence-electron chi connectivity index (χ1n) is 6.97. The maximum atomic E-state index is 12.9.